The van der Waals surface area contributed by atoms with Crippen LogP contribution in [-0.4, -0.2) is 25.8 Å². The summed E-state index contributed by atoms with van der Waals surface area (Å²) in [5.41, 5.74) is 1.33. The summed E-state index contributed by atoms with van der Waals surface area (Å²) in [6.45, 7) is 0.887. The zero-order chi connectivity index (χ0) is 12.3. The van der Waals surface area contributed by atoms with Gasteiger partial charge in [0.2, 0.25) is 0 Å². The van der Waals surface area contributed by atoms with Crippen LogP contribution in [0.5, 0.6) is 11.5 Å². The molecule has 1 aliphatic heterocycles. The molecule has 4 nitrogen and oxygen atoms in total. The van der Waals surface area contributed by atoms with Gasteiger partial charge in [-0.1, -0.05) is 0 Å². The number of hydrogen-bond donors (Lipinski definition) is 0. The molecule has 1 aliphatic rings. The molecule has 1 heterocycles. The van der Waals surface area contributed by atoms with Crippen molar-refractivity contribution in [2.75, 3.05) is 13.2 Å². The number of benzene rings is 1. The number of fused-ring (bicyclic) bond motifs is 1. The summed E-state index contributed by atoms with van der Waals surface area (Å²) in [6, 6.07) is 1.81. The largest absolute Gasteiger partial charge is 0.486 e. The minimum atomic E-state index is 0.419. The van der Waals surface area contributed by atoms with Crippen molar-refractivity contribution in [1.82, 2.24) is 0 Å². The van der Waals surface area contributed by atoms with E-state index in [0.29, 0.717) is 47.6 Å². The number of carbonyl (C=O) groups is 2. The number of halogens is 1. The highest BCUT2D eigenvalue weighted by Crippen LogP contribution is 2.40. The number of aldehydes is 2. The lowest BCUT2D eigenvalue weighted by Gasteiger charge is -2.23. The standard InChI is InChI=1S/C12H11BrO4/c13-10-6-8(2-1-3-14)11-12(9(10)7-15)17-5-4-16-11/h3,6-7H,1-2,4-5H2. The molecule has 90 valence electrons. The molecule has 1 aromatic rings. The first-order valence-electron chi connectivity index (χ1n) is 5.27. The van der Waals surface area contributed by atoms with Gasteiger partial charge in [0.15, 0.2) is 17.8 Å². The highest BCUT2D eigenvalue weighted by Gasteiger charge is 2.22. The summed E-state index contributed by atoms with van der Waals surface area (Å²) in [4.78, 5) is 21.4. The molecule has 0 amide bonds. The van der Waals surface area contributed by atoms with Crippen LogP contribution in [0.3, 0.4) is 0 Å². The number of rotatable bonds is 4. The second kappa shape index (κ2) is 5.31. The van der Waals surface area contributed by atoms with Crippen LogP contribution in [0.15, 0.2) is 10.5 Å². The molecular formula is C12H11BrO4. The summed E-state index contributed by atoms with van der Waals surface area (Å²) in [7, 11) is 0. The fourth-order valence-corrected chi connectivity index (χ4v) is 2.32. The topological polar surface area (TPSA) is 52.6 Å². The molecule has 0 unspecified atom stereocenters. The molecule has 0 spiro atoms. The SMILES string of the molecule is O=CCCc1cc(Br)c(C=O)c2c1OCCO2. The Bertz CT molecular complexity index is 456. The van der Waals surface area contributed by atoms with Crippen LogP contribution >= 0.6 is 15.9 Å². The van der Waals surface area contributed by atoms with E-state index in [9.17, 15) is 9.59 Å². The molecule has 0 fully saturated rings. The highest BCUT2D eigenvalue weighted by molar-refractivity contribution is 9.10. The number of ether oxygens (including phenoxy) is 2. The van der Waals surface area contributed by atoms with Crippen molar-refractivity contribution in [3.63, 3.8) is 0 Å². The maximum atomic E-state index is 11.0. The zero-order valence-electron chi connectivity index (χ0n) is 9.07. The Morgan fingerprint density at radius 2 is 1.94 bits per heavy atom. The first-order valence-corrected chi connectivity index (χ1v) is 6.07. The molecule has 1 aromatic carbocycles. The van der Waals surface area contributed by atoms with Crippen LogP contribution in [0.4, 0.5) is 0 Å². The van der Waals surface area contributed by atoms with Gasteiger partial charge in [-0.2, -0.15) is 0 Å². The maximum absolute atomic E-state index is 11.0. The molecule has 5 heteroatoms. The van der Waals surface area contributed by atoms with E-state index in [2.05, 4.69) is 15.9 Å². The second-order valence-electron chi connectivity index (χ2n) is 3.61. The van der Waals surface area contributed by atoms with Crippen molar-refractivity contribution in [2.24, 2.45) is 0 Å². The van der Waals surface area contributed by atoms with Gasteiger partial charge in [0.05, 0.1) is 5.56 Å². The normalized spacial score (nSPS) is 13.2. The molecule has 0 bridgehead atoms. The van der Waals surface area contributed by atoms with Gasteiger partial charge in [-0.05, 0) is 34.0 Å². The van der Waals surface area contributed by atoms with E-state index in [4.69, 9.17) is 9.47 Å². The van der Waals surface area contributed by atoms with Crippen molar-refractivity contribution < 1.29 is 19.1 Å². The van der Waals surface area contributed by atoms with E-state index in [1.54, 1.807) is 6.07 Å². The minimum Gasteiger partial charge on any atom is -0.486 e. The van der Waals surface area contributed by atoms with E-state index < -0.39 is 0 Å². The fraction of sp³-hybridized carbons (Fsp3) is 0.333. The van der Waals surface area contributed by atoms with Crippen LogP contribution in [0, 0.1) is 0 Å². The summed E-state index contributed by atoms with van der Waals surface area (Å²) in [6.07, 6.45) is 2.59. The summed E-state index contributed by atoms with van der Waals surface area (Å²) >= 11 is 3.32. The lowest BCUT2D eigenvalue weighted by Crippen LogP contribution is -2.18. The van der Waals surface area contributed by atoms with E-state index in [1.807, 2.05) is 0 Å². The predicted octanol–water partition coefficient (Wildman–Crippen LogP) is 2.16. The van der Waals surface area contributed by atoms with Crippen LogP contribution in [-0.2, 0) is 11.2 Å². The summed E-state index contributed by atoms with van der Waals surface area (Å²) in [5.74, 6) is 1.06. The molecule has 2 rings (SSSR count). The Morgan fingerprint density at radius 1 is 1.24 bits per heavy atom. The molecule has 0 saturated heterocycles. The quantitative estimate of drug-likeness (QED) is 0.800. The Morgan fingerprint density at radius 3 is 2.59 bits per heavy atom. The maximum Gasteiger partial charge on any atom is 0.173 e. The van der Waals surface area contributed by atoms with Gasteiger partial charge in [0.1, 0.15) is 19.5 Å². The van der Waals surface area contributed by atoms with Gasteiger partial charge in [-0.25, -0.2) is 0 Å². The van der Waals surface area contributed by atoms with Crippen LogP contribution < -0.4 is 9.47 Å². The molecule has 0 saturated carbocycles. The minimum absolute atomic E-state index is 0.419. The molecule has 0 aliphatic carbocycles. The van der Waals surface area contributed by atoms with Crippen molar-refractivity contribution >= 4 is 28.5 Å². The average molecular weight is 299 g/mol. The third-order valence-electron chi connectivity index (χ3n) is 2.53. The van der Waals surface area contributed by atoms with Gasteiger partial charge >= 0.3 is 0 Å². The monoisotopic (exact) mass is 298 g/mol. The number of aryl methyl sites for hydroxylation is 1. The lowest BCUT2D eigenvalue weighted by molar-refractivity contribution is -0.107. The fourth-order valence-electron chi connectivity index (χ4n) is 1.77. The van der Waals surface area contributed by atoms with Gasteiger partial charge in [0.25, 0.3) is 0 Å². The summed E-state index contributed by atoms with van der Waals surface area (Å²) < 4.78 is 11.7. The van der Waals surface area contributed by atoms with Gasteiger partial charge in [-0.15, -0.1) is 0 Å². The molecule has 17 heavy (non-hydrogen) atoms. The number of carbonyl (C=O) groups excluding carboxylic acids is 2. The number of hydrogen-bond acceptors (Lipinski definition) is 4. The summed E-state index contributed by atoms with van der Waals surface area (Å²) in [5, 5.41) is 0. The third kappa shape index (κ3) is 2.34. The molecule has 0 N–H and O–H groups in total. The highest BCUT2D eigenvalue weighted by atomic mass is 79.9. The Hall–Kier alpha value is -1.36. The van der Waals surface area contributed by atoms with Gasteiger partial charge < -0.3 is 14.3 Å². The van der Waals surface area contributed by atoms with Crippen LogP contribution in [0.25, 0.3) is 0 Å². The lowest BCUT2D eigenvalue weighted by atomic mass is 10.0. The van der Waals surface area contributed by atoms with Crippen molar-refractivity contribution in [3.05, 3.63) is 21.7 Å². The Balaban J connectivity index is 2.49. The smallest absolute Gasteiger partial charge is 0.173 e. The average Bonchev–Trinajstić information content (AvgIpc) is 2.36. The van der Waals surface area contributed by atoms with Crippen molar-refractivity contribution in [1.29, 1.82) is 0 Å². The molecular weight excluding hydrogens is 288 g/mol. The predicted molar refractivity (Wildman–Crippen MR) is 64.9 cm³/mol. The van der Waals surface area contributed by atoms with E-state index >= 15 is 0 Å². The first-order chi connectivity index (χ1) is 8.27. The van der Waals surface area contributed by atoms with E-state index in [1.165, 1.54) is 0 Å². The second-order valence-corrected chi connectivity index (χ2v) is 4.46. The van der Waals surface area contributed by atoms with E-state index in [0.717, 1.165) is 18.1 Å². The van der Waals surface area contributed by atoms with Crippen LogP contribution in [0.2, 0.25) is 0 Å². The Kier molecular flexibility index (Phi) is 3.78. The Labute approximate surface area is 107 Å². The third-order valence-corrected chi connectivity index (χ3v) is 3.18. The first kappa shape index (κ1) is 12.1. The van der Waals surface area contributed by atoms with Gasteiger partial charge in [-0.3, -0.25) is 4.79 Å². The van der Waals surface area contributed by atoms with Crippen molar-refractivity contribution in [3.8, 4) is 11.5 Å². The van der Waals surface area contributed by atoms with Crippen LogP contribution in [0.1, 0.15) is 22.3 Å². The van der Waals surface area contributed by atoms with E-state index in [-0.39, 0.29) is 0 Å². The molecule has 0 aromatic heterocycles. The molecule has 0 radical (unpaired) electrons. The zero-order valence-corrected chi connectivity index (χ0v) is 10.7. The molecule has 0 atom stereocenters. The van der Waals surface area contributed by atoms with Gasteiger partial charge in [0, 0.05) is 10.9 Å². The van der Waals surface area contributed by atoms with Crippen molar-refractivity contribution in [2.45, 2.75) is 12.8 Å².